The molecule has 1 amide bonds. The number of hydrogen-bond donors (Lipinski definition) is 0. The highest BCUT2D eigenvalue weighted by Crippen LogP contribution is 2.36. The molecule has 2 aromatic carbocycles. The summed E-state index contributed by atoms with van der Waals surface area (Å²) in [5, 5.41) is 10.3. The molecular weight excluding hydrogens is 340 g/mol. The van der Waals surface area contributed by atoms with Crippen LogP contribution in [0.3, 0.4) is 0 Å². The summed E-state index contributed by atoms with van der Waals surface area (Å²) in [4.78, 5) is 15.2. The lowest BCUT2D eigenvalue weighted by Crippen LogP contribution is -2.31. The Balaban J connectivity index is 1.92. The van der Waals surface area contributed by atoms with Gasteiger partial charge in [-0.1, -0.05) is 60.1 Å². The van der Waals surface area contributed by atoms with E-state index < -0.39 is 0 Å². The molecule has 1 aromatic heterocycles. The second-order valence-corrected chi connectivity index (χ2v) is 6.79. The van der Waals surface area contributed by atoms with Crippen LogP contribution in [0, 0.1) is 11.3 Å². The third kappa shape index (κ3) is 3.43. The van der Waals surface area contributed by atoms with Gasteiger partial charge in [-0.2, -0.15) is 5.26 Å². The zero-order valence-electron chi connectivity index (χ0n) is 12.9. The number of amides is 1. The predicted molar refractivity (Wildman–Crippen MR) is 98.2 cm³/mol. The van der Waals surface area contributed by atoms with Crippen LogP contribution in [-0.2, 0) is 6.54 Å². The van der Waals surface area contributed by atoms with Crippen molar-refractivity contribution < 1.29 is 4.79 Å². The van der Waals surface area contributed by atoms with E-state index in [1.165, 1.54) is 11.3 Å². The number of halogens is 1. The monoisotopic (exact) mass is 354 g/mol. The van der Waals surface area contributed by atoms with E-state index in [1.54, 1.807) is 4.90 Å². The van der Waals surface area contributed by atoms with E-state index in [2.05, 4.69) is 6.07 Å². The molecule has 120 valence electrons. The van der Waals surface area contributed by atoms with Crippen LogP contribution in [0.4, 0.5) is 0 Å². The number of carbonyl (C=O) groups is 1. The van der Waals surface area contributed by atoms with Gasteiger partial charge >= 0.3 is 0 Å². The van der Waals surface area contributed by atoms with Crippen LogP contribution >= 0.6 is 22.9 Å². The summed E-state index contributed by atoms with van der Waals surface area (Å²) < 4.78 is 0.991. The maximum Gasteiger partial charge on any atom is 0.265 e. The summed E-state index contributed by atoms with van der Waals surface area (Å²) in [7, 11) is 0. The van der Waals surface area contributed by atoms with E-state index in [1.807, 2.05) is 54.6 Å². The van der Waals surface area contributed by atoms with Gasteiger partial charge in [0.15, 0.2) is 0 Å². The zero-order valence-corrected chi connectivity index (χ0v) is 14.5. The van der Waals surface area contributed by atoms with E-state index in [0.717, 1.165) is 15.6 Å². The molecule has 1 heterocycles. The topological polar surface area (TPSA) is 44.1 Å². The van der Waals surface area contributed by atoms with E-state index in [-0.39, 0.29) is 5.91 Å². The average Bonchev–Trinajstić information content (AvgIpc) is 2.96. The van der Waals surface area contributed by atoms with E-state index >= 15 is 0 Å². The summed E-state index contributed by atoms with van der Waals surface area (Å²) in [6.45, 7) is 0.848. The lowest BCUT2D eigenvalue weighted by atomic mass is 10.2. The van der Waals surface area contributed by atoms with Crippen LogP contribution in [0.25, 0.3) is 10.1 Å². The van der Waals surface area contributed by atoms with Crippen LogP contribution in [0.5, 0.6) is 0 Å². The van der Waals surface area contributed by atoms with Crippen molar-refractivity contribution in [1.82, 2.24) is 4.90 Å². The fourth-order valence-corrected chi connectivity index (χ4v) is 4.02. The van der Waals surface area contributed by atoms with E-state index in [0.29, 0.717) is 29.4 Å². The standard InChI is InChI=1S/C19H15ClN2OS/c20-17-15-9-4-5-10-16(15)24-18(17)19(23)22(12-6-11-21)13-14-7-2-1-3-8-14/h1-5,7-10H,6,12-13H2. The van der Waals surface area contributed by atoms with Crippen molar-refractivity contribution in [3.8, 4) is 6.07 Å². The Hall–Kier alpha value is -2.35. The molecule has 0 fully saturated rings. The predicted octanol–water partition coefficient (Wildman–Crippen LogP) is 5.11. The Morgan fingerprint density at radius 1 is 1.12 bits per heavy atom. The highest BCUT2D eigenvalue weighted by molar-refractivity contribution is 7.21. The minimum atomic E-state index is -0.125. The second-order valence-electron chi connectivity index (χ2n) is 5.36. The fraction of sp³-hybridized carbons (Fsp3) is 0.158. The molecule has 0 aliphatic carbocycles. The van der Waals surface area contributed by atoms with Gasteiger partial charge in [-0.15, -0.1) is 11.3 Å². The average molecular weight is 355 g/mol. The molecule has 5 heteroatoms. The fourth-order valence-electron chi connectivity index (χ4n) is 2.54. The molecule has 0 aliphatic heterocycles. The van der Waals surface area contributed by atoms with Crippen molar-refractivity contribution in [1.29, 1.82) is 5.26 Å². The number of thiophene rings is 1. The molecule has 0 atom stereocenters. The van der Waals surface area contributed by atoms with Gasteiger partial charge in [0.25, 0.3) is 5.91 Å². The molecule has 3 rings (SSSR count). The number of carbonyl (C=O) groups excluding carboxylic acids is 1. The van der Waals surface area contributed by atoms with Gasteiger partial charge in [-0.05, 0) is 11.6 Å². The molecule has 0 N–H and O–H groups in total. The number of benzene rings is 2. The van der Waals surface area contributed by atoms with Gasteiger partial charge in [-0.25, -0.2) is 0 Å². The molecule has 0 saturated carbocycles. The van der Waals surface area contributed by atoms with Crippen LogP contribution in [0.2, 0.25) is 5.02 Å². The summed E-state index contributed by atoms with van der Waals surface area (Å²) >= 11 is 7.83. The van der Waals surface area contributed by atoms with Crippen molar-refractivity contribution in [3.63, 3.8) is 0 Å². The van der Waals surface area contributed by atoms with Crippen LogP contribution < -0.4 is 0 Å². The van der Waals surface area contributed by atoms with Gasteiger partial charge in [0.1, 0.15) is 4.88 Å². The molecule has 0 unspecified atom stereocenters. The van der Waals surface area contributed by atoms with Crippen LogP contribution in [-0.4, -0.2) is 17.4 Å². The second kappa shape index (κ2) is 7.48. The van der Waals surface area contributed by atoms with Crippen molar-refractivity contribution in [2.24, 2.45) is 0 Å². The summed E-state index contributed by atoms with van der Waals surface area (Å²) in [5.41, 5.74) is 1.03. The highest BCUT2D eigenvalue weighted by Gasteiger charge is 2.22. The Morgan fingerprint density at radius 2 is 1.83 bits per heavy atom. The van der Waals surface area contributed by atoms with Gasteiger partial charge in [-0.3, -0.25) is 4.79 Å². The highest BCUT2D eigenvalue weighted by atomic mass is 35.5. The molecule has 0 bridgehead atoms. The minimum absolute atomic E-state index is 0.125. The smallest absolute Gasteiger partial charge is 0.265 e. The molecule has 3 aromatic rings. The molecular formula is C19H15ClN2OS. The van der Waals surface area contributed by atoms with Gasteiger partial charge in [0, 0.05) is 23.2 Å². The largest absolute Gasteiger partial charge is 0.333 e. The maximum atomic E-state index is 13.0. The van der Waals surface area contributed by atoms with Gasteiger partial charge in [0.05, 0.1) is 17.5 Å². The Kier molecular flexibility index (Phi) is 5.14. The first-order chi connectivity index (χ1) is 11.7. The summed E-state index contributed by atoms with van der Waals surface area (Å²) in [5.74, 6) is -0.125. The Bertz CT molecular complexity index is 899. The minimum Gasteiger partial charge on any atom is -0.333 e. The lowest BCUT2D eigenvalue weighted by molar-refractivity contribution is 0.0752. The Morgan fingerprint density at radius 3 is 2.54 bits per heavy atom. The number of rotatable bonds is 5. The van der Waals surface area contributed by atoms with Crippen molar-refractivity contribution in [3.05, 3.63) is 70.1 Å². The molecule has 0 radical (unpaired) electrons. The maximum absolute atomic E-state index is 13.0. The normalized spacial score (nSPS) is 10.5. The first-order valence-corrected chi connectivity index (χ1v) is 8.77. The molecule has 0 aliphatic rings. The number of fused-ring (bicyclic) bond motifs is 1. The quantitative estimate of drug-likeness (QED) is 0.639. The molecule has 0 spiro atoms. The first-order valence-electron chi connectivity index (χ1n) is 7.58. The van der Waals surface area contributed by atoms with Crippen molar-refractivity contribution >= 4 is 38.9 Å². The zero-order chi connectivity index (χ0) is 16.9. The van der Waals surface area contributed by atoms with Crippen molar-refractivity contribution in [2.75, 3.05) is 6.54 Å². The summed E-state index contributed by atoms with van der Waals surface area (Å²) in [6.07, 6.45) is 0.293. The molecule has 3 nitrogen and oxygen atoms in total. The Labute approximate surface area is 149 Å². The van der Waals surface area contributed by atoms with E-state index in [9.17, 15) is 4.79 Å². The lowest BCUT2D eigenvalue weighted by Gasteiger charge is -2.21. The number of nitriles is 1. The van der Waals surface area contributed by atoms with Crippen LogP contribution in [0.1, 0.15) is 21.7 Å². The van der Waals surface area contributed by atoms with E-state index in [4.69, 9.17) is 16.9 Å². The summed E-state index contributed by atoms with van der Waals surface area (Å²) in [6, 6.07) is 19.6. The van der Waals surface area contributed by atoms with Gasteiger partial charge in [0.2, 0.25) is 0 Å². The van der Waals surface area contributed by atoms with Gasteiger partial charge < -0.3 is 4.90 Å². The SMILES string of the molecule is N#CCCN(Cc1ccccc1)C(=O)c1sc2ccccc2c1Cl. The first kappa shape index (κ1) is 16.5. The third-order valence-corrected chi connectivity index (χ3v) is 5.39. The number of nitrogens with zero attached hydrogens (tertiary/aromatic N) is 2. The molecule has 24 heavy (non-hydrogen) atoms. The van der Waals surface area contributed by atoms with Crippen LogP contribution in [0.15, 0.2) is 54.6 Å². The molecule has 0 saturated heterocycles. The number of hydrogen-bond acceptors (Lipinski definition) is 3. The third-order valence-electron chi connectivity index (χ3n) is 3.73. The van der Waals surface area contributed by atoms with Crippen molar-refractivity contribution in [2.45, 2.75) is 13.0 Å².